The lowest BCUT2D eigenvalue weighted by Crippen LogP contribution is -2.18. The number of benzene rings is 5. The van der Waals surface area contributed by atoms with Gasteiger partial charge in [-0.3, -0.25) is 0 Å². The van der Waals surface area contributed by atoms with E-state index in [0.29, 0.717) is 32.0 Å². The summed E-state index contributed by atoms with van der Waals surface area (Å²) in [6.07, 6.45) is 0. The topological polar surface area (TPSA) is 56.3 Å². The summed E-state index contributed by atoms with van der Waals surface area (Å²) in [6.45, 7) is 19.4. The fourth-order valence-electron chi connectivity index (χ4n) is 5.01. The Hall–Kier alpha value is -6.12. The van der Waals surface area contributed by atoms with Gasteiger partial charge in [-0.1, -0.05) is 72.1 Å². The molecule has 0 unspecified atom stereocenters. The molecule has 0 saturated heterocycles. The summed E-state index contributed by atoms with van der Waals surface area (Å²) in [5, 5.41) is 23.5. The van der Waals surface area contributed by atoms with E-state index in [1.165, 1.54) is 0 Å². The summed E-state index contributed by atoms with van der Waals surface area (Å²) >= 11 is 0. The maximum atomic E-state index is 9.98. The summed E-state index contributed by atoms with van der Waals surface area (Å²) in [7, 11) is 0. The second-order valence-corrected chi connectivity index (χ2v) is 9.23. The Morgan fingerprint density at radius 3 is 1.43 bits per heavy atom. The van der Waals surface area contributed by atoms with Crippen molar-refractivity contribution in [1.29, 1.82) is 10.5 Å². The van der Waals surface area contributed by atoms with Crippen LogP contribution in [-0.4, -0.2) is 0 Å². The molecule has 0 aliphatic carbocycles. The summed E-state index contributed by atoms with van der Waals surface area (Å²) in [4.78, 5) is 7.15. The average Bonchev–Trinajstić information content (AvgIpc) is 2.99. The summed E-state index contributed by atoms with van der Waals surface area (Å²) in [5.74, 6) is 5.94. The van der Waals surface area contributed by atoms with Crippen molar-refractivity contribution in [3.05, 3.63) is 129 Å². The van der Waals surface area contributed by atoms with Crippen LogP contribution in [0.5, 0.6) is 0 Å². The summed E-state index contributed by atoms with van der Waals surface area (Å²) < 4.78 is 0. The van der Waals surface area contributed by atoms with Crippen molar-refractivity contribution >= 4 is 32.9 Å². The second-order valence-electron chi connectivity index (χ2n) is 9.23. The number of hydrogen-bond acceptors (Lipinski definition) is 2. The lowest BCUT2D eigenvalue weighted by atomic mass is 9.91. The molecule has 0 heterocycles. The van der Waals surface area contributed by atoms with Crippen LogP contribution >= 0.6 is 0 Å². The van der Waals surface area contributed by atoms with Crippen LogP contribution in [0, 0.1) is 54.6 Å². The van der Waals surface area contributed by atoms with Crippen LogP contribution < -0.4 is 10.4 Å². The highest BCUT2D eigenvalue weighted by Gasteiger charge is 2.15. The fraction of sp³-hybridized carbons (Fsp3) is 0.0556. The predicted molar refractivity (Wildman–Crippen MR) is 160 cm³/mol. The fourth-order valence-corrected chi connectivity index (χ4v) is 5.01. The van der Waals surface area contributed by atoms with Crippen LogP contribution in [0.15, 0.2) is 84.9 Å². The number of nitriles is 2. The molecule has 0 aromatic heterocycles. The van der Waals surface area contributed by atoms with E-state index in [4.69, 9.17) is 13.1 Å². The number of fused-ring (bicyclic) bond motifs is 2. The van der Waals surface area contributed by atoms with Crippen molar-refractivity contribution in [3.63, 3.8) is 0 Å². The molecule has 5 aromatic carbocycles. The minimum atomic E-state index is -0.0447. The first-order chi connectivity index (χ1) is 19.5. The van der Waals surface area contributed by atoms with Crippen LogP contribution in [0.3, 0.4) is 0 Å². The van der Waals surface area contributed by atoms with E-state index in [1.807, 2.05) is 91.9 Å². The lowest BCUT2D eigenvalue weighted by molar-refractivity contribution is 1.47. The van der Waals surface area contributed by atoms with Crippen molar-refractivity contribution in [2.75, 3.05) is 0 Å². The Bertz CT molecular complexity index is 2170. The predicted octanol–water partition coefficient (Wildman–Crippen LogP) is 7.11. The molecule has 0 atom stereocenters. The molecule has 184 valence electrons. The molecule has 0 aliphatic heterocycles. The van der Waals surface area contributed by atoms with Gasteiger partial charge >= 0.3 is 0 Å². The van der Waals surface area contributed by atoms with E-state index in [9.17, 15) is 10.5 Å². The van der Waals surface area contributed by atoms with Crippen molar-refractivity contribution < 1.29 is 0 Å². The normalized spacial score (nSPS) is 11.8. The molecule has 0 aliphatic rings. The van der Waals surface area contributed by atoms with Gasteiger partial charge in [-0.25, -0.2) is 20.2 Å². The van der Waals surface area contributed by atoms with Crippen LogP contribution in [-0.2, 0) is 0 Å². The first kappa shape index (κ1) is 25.5. The first-order valence-electron chi connectivity index (χ1n) is 12.5. The van der Waals surface area contributed by atoms with E-state index in [2.05, 4.69) is 33.7 Å². The Morgan fingerprint density at radius 1 is 0.600 bits per heavy atom. The smallest absolute Gasteiger partial charge is 0.226 e. The van der Waals surface area contributed by atoms with Gasteiger partial charge in [0, 0.05) is 16.0 Å². The molecule has 0 N–H and O–H groups in total. The molecule has 5 rings (SSSR count). The van der Waals surface area contributed by atoms with E-state index in [1.54, 1.807) is 6.92 Å². The Kier molecular flexibility index (Phi) is 6.83. The maximum Gasteiger partial charge on any atom is 0.270 e. The van der Waals surface area contributed by atoms with Gasteiger partial charge < -0.3 is 0 Å². The highest BCUT2D eigenvalue weighted by Crippen LogP contribution is 2.28. The van der Waals surface area contributed by atoms with Gasteiger partial charge in [0.1, 0.15) is 0 Å². The zero-order valence-corrected chi connectivity index (χ0v) is 21.9. The van der Waals surface area contributed by atoms with Crippen molar-refractivity contribution in [3.8, 4) is 46.2 Å². The van der Waals surface area contributed by atoms with Crippen LogP contribution in [0.1, 0.15) is 18.1 Å². The zero-order valence-electron chi connectivity index (χ0n) is 21.9. The first-order valence-corrected chi connectivity index (χ1v) is 12.5. The van der Waals surface area contributed by atoms with E-state index in [0.717, 1.165) is 33.4 Å². The molecular formula is C36H20N4. The van der Waals surface area contributed by atoms with Gasteiger partial charge in [-0.15, -0.1) is 5.92 Å². The largest absolute Gasteiger partial charge is 0.270 e. The highest BCUT2D eigenvalue weighted by atomic mass is 14.7. The third-order valence-corrected chi connectivity index (χ3v) is 6.90. The van der Waals surface area contributed by atoms with E-state index < -0.39 is 0 Å². The standard InChI is InChI=1S/C36H20N4/c1-5-6-24-9-13-26(14-10-24)28-16-18-30-32(20-28)36(34(22-38)40-4)29-17-15-27(25-11-7-23(2)8-12-25)19-31(29)35(30)33(21-37)39-3/h7-20H,1-2H3/b35-33+,36-34-. The minimum Gasteiger partial charge on any atom is -0.226 e. The van der Waals surface area contributed by atoms with Crippen LogP contribution in [0.4, 0.5) is 0 Å². The quantitative estimate of drug-likeness (QED) is 0.145. The molecule has 0 saturated carbocycles. The second kappa shape index (κ2) is 10.7. The number of nitrogens with zero attached hydrogens (tertiary/aromatic N) is 4. The van der Waals surface area contributed by atoms with Crippen LogP contribution in [0.25, 0.3) is 64.9 Å². The van der Waals surface area contributed by atoms with Gasteiger partial charge in [0.2, 0.25) is 0 Å². The van der Waals surface area contributed by atoms with Crippen LogP contribution in [0.2, 0.25) is 0 Å². The van der Waals surface area contributed by atoms with Gasteiger partial charge in [-0.2, -0.15) is 0 Å². The summed E-state index contributed by atoms with van der Waals surface area (Å²) in [6, 6.07) is 31.6. The Balaban J connectivity index is 1.98. The van der Waals surface area contributed by atoms with Gasteiger partial charge in [0.25, 0.3) is 11.4 Å². The monoisotopic (exact) mass is 508 g/mol. The zero-order chi connectivity index (χ0) is 28.2. The lowest BCUT2D eigenvalue weighted by Gasteiger charge is -2.13. The molecular weight excluding hydrogens is 488 g/mol. The molecule has 4 heteroatoms. The van der Waals surface area contributed by atoms with Gasteiger partial charge in [0.15, 0.2) is 0 Å². The van der Waals surface area contributed by atoms with Gasteiger partial charge in [0.05, 0.1) is 25.3 Å². The average molecular weight is 509 g/mol. The molecule has 0 amide bonds. The Morgan fingerprint density at radius 2 is 1.02 bits per heavy atom. The van der Waals surface area contributed by atoms with Crippen molar-refractivity contribution in [2.24, 2.45) is 0 Å². The minimum absolute atomic E-state index is 0.0424. The van der Waals surface area contributed by atoms with E-state index in [-0.39, 0.29) is 11.4 Å². The molecule has 5 aromatic rings. The summed E-state index contributed by atoms with van der Waals surface area (Å²) in [5.41, 5.74) is 5.69. The third kappa shape index (κ3) is 4.43. The Labute approximate surface area is 232 Å². The van der Waals surface area contributed by atoms with Crippen molar-refractivity contribution in [2.45, 2.75) is 13.8 Å². The molecule has 0 radical (unpaired) electrons. The number of aryl methyl sites for hydroxylation is 1. The SMILES string of the molecule is [C-]#[N+]/C(C#N)=c1\c2cc(-c3ccc(C#CC)cc3)ccc2/c(=C(/C#N)[N+]#[C-])c2cc(-c3ccc(C)cc3)ccc12. The van der Waals surface area contributed by atoms with E-state index >= 15 is 0 Å². The van der Waals surface area contributed by atoms with Gasteiger partial charge in [-0.05, 0) is 81.9 Å². The molecule has 0 spiro atoms. The molecule has 0 bridgehead atoms. The molecule has 4 nitrogen and oxygen atoms in total. The maximum absolute atomic E-state index is 9.98. The number of rotatable bonds is 2. The molecule has 0 fully saturated rings. The third-order valence-electron chi connectivity index (χ3n) is 6.90. The highest BCUT2D eigenvalue weighted by molar-refractivity contribution is 6.06. The van der Waals surface area contributed by atoms with Crippen molar-refractivity contribution in [1.82, 2.24) is 0 Å². The molecule has 40 heavy (non-hydrogen) atoms. The number of hydrogen-bond donors (Lipinski definition) is 0.